The Bertz CT molecular complexity index is 889. The molecule has 2 aromatic carbocycles. The molecule has 1 N–H and O–H groups in total. The molecule has 2 amide bonds. The Hall–Kier alpha value is -3.19. The molecule has 4 rings (SSSR count). The topological polar surface area (TPSA) is 74.5 Å². The van der Waals surface area contributed by atoms with Gasteiger partial charge in [-0.05, 0) is 5.56 Å². The molecule has 1 aliphatic heterocycles. The first-order chi connectivity index (χ1) is 13.8. The van der Waals surface area contributed by atoms with E-state index < -0.39 is 0 Å². The van der Waals surface area contributed by atoms with Crippen molar-refractivity contribution >= 4 is 6.03 Å². The number of hydrogen-bond acceptors (Lipinski definition) is 5. The maximum absolute atomic E-state index is 12.4. The zero-order chi connectivity index (χ0) is 19.2. The highest BCUT2D eigenvalue weighted by atomic mass is 16.5. The standard InChI is InChI=1S/C21H23N5O2/c27-21(22-15-17-7-3-1-4-8-17)26-13-11-25(12-14-26)16-19-23-20(24-28-19)18-9-5-2-6-10-18/h1-10H,11-16H2,(H,22,27). The second-order valence-corrected chi connectivity index (χ2v) is 6.79. The molecule has 0 bridgehead atoms. The second-order valence-electron chi connectivity index (χ2n) is 6.79. The Morgan fingerprint density at radius 2 is 1.64 bits per heavy atom. The number of carbonyl (C=O) groups is 1. The van der Waals surface area contributed by atoms with Crippen LogP contribution in [0.1, 0.15) is 11.5 Å². The van der Waals surface area contributed by atoms with Crippen molar-refractivity contribution < 1.29 is 9.32 Å². The number of aromatic nitrogens is 2. The summed E-state index contributed by atoms with van der Waals surface area (Å²) in [7, 11) is 0. The van der Waals surface area contributed by atoms with E-state index in [-0.39, 0.29) is 6.03 Å². The fraction of sp³-hybridized carbons (Fsp3) is 0.286. The summed E-state index contributed by atoms with van der Waals surface area (Å²) in [4.78, 5) is 20.9. The summed E-state index contributed by atoms with van der Waals surface area (Å²) < 4.78 is 5.39. The SMILES string of the molecule is O=C(NCc1ccccc1)N1CCN(Cc2nc(-c3ccccc3)no2)CC1. The molecule has 0 radical (unpaired) electrons. The first-order valence-electron chi connectivity index (χ1n) is 9.45. The molecule has 7 heteroatoms. The molecule has 0 saturated carbocycles. The fourth-order valence-electron chi connectivity index (χ4n) is 3.21. The lowest BCUT2D eigenvalue weighted by Crippen LogP contribution is -2.51. The van der Waals surface area contributed by atoms with E-state index in [0.29, 0.717) is 37.9 Å². The van der Waals surface area contributed by atoms with Gasteiger partial charge >= 0.3 is 6.03 Å². The van der Waals surface area contributed by atoms with Gasteiger partial charge in [-0.2, -0.15) is 4.98 Å². The number of amides is 2. The van der Waals surface area contributed by atoms with Gasteiger partial charge in [-0.25, -0.2) is 4.79 Å². The highest BCUT2D eigenvalue weighted by Gasteiger charge is 2.22. The third-order valence-corrected chi connectivity index (χ3v) is 4.81. The van der Waals surface area contributed by atoms with Crippen LogP contribution in [0, 0.1) is 0 Å². The summed E-state index contributed by atoms with van der Waals surface area (Å²) in [5.74, 6) is 1.20. The van der Waals surface area contributed by atoms with Gasteiger partial charge in [-0.1, -0.05) is 65.8 Å². The minimum atomic E-state index is -0.0207. The Kier molecular flexibility index (Phi) is 5.63. The smallest absolute Gasteiger partial charge is 0.317 e. The van der Waals surface area contributed by atoms with Crippen molar-refractivity contribution in [2.45, 2.75) is 13.1 Å². The maximum Gasteiger partial charge on any atom is 0.317 e. The molecule has 0 aliphatic carbocycles. The molecule has 1 aliphatic rings. The number of nitrogens with zero attached hydrogens (tertiary/aromatic N) is 4. The van der Waals surface area contributed by atoms with Crippen molar-refractivity contribution in [2.75, 3.05) is 26.2 Å². The maximum atomic E-state index is 12.4. The third-order valence-electron chi connectivity index (χ3n) is 4.81. The number of piperazine rings is 1. The molecule has 28 heavy (non-hydrogen) atoms. The third kappa shape index (κ3) is 4.55. The molecular formula is C21H23N5O2. The highest BCUT2D eigenvalue weighted by Crippen LogP contribution is 2.16. The van der Waals surface area contributed by atoms with Crippen LogP contribution in [-0.2, 0) is 13.1 Å². The van der Waals surface area contributed by atoms with Crippen LogP contribution in [0.5, 0.6) is 0 Å². The van der Waals surface area contributed by atoms with Crippen LogP contribution in [0.4, 0.5) is 4.79 Å². The van der Waals surface area contributed by atoms with Crippen LogP contribution in [0.25, 0.3) is 11.4 Å². The monoisotopic (exact) mass is 377 g/mol. The van der Waals surface area contributed by atoms with Gasteiger partial charge in [0.2, 0.25) is 11.7 Å². The van der Waals surface area contributed by atoms with E-state index in [2.05, 4.69) is 20.4 Å². The van der Waals surface area contributed by atoms with E-state index in [9.17, 15) is 4.79 Å². The van der Waals surface area contributed by atoms with Crippen LogP contribution < -0.4 is 5.32 Å². The van der Waals surface area contributed by atoms with Crippen molar-refractivity contribution in [1.29, 1.82) is 0 Å². The summed E-state index contributed by atoms with van der Waals surface area (Å²) >= 11 is 0. The molecule has 0 atom stereocenters. The lowest BCUT2D eigenvalue weighted by atomic mass is 10.2. The Morgan fingerprint density at radius 1 is 0.964 bits per heavy atom. The van der Waals surface area contributed by atoms with Gasteiger partial charge in [-0.15, -0.1) is 0 Å². The largest absolute Gasteiger partial charge is 0.338 e. The van der Waals surface area contributed by atoms with E-state index >= 15 is 0 Å². The van der Waals surface area contributed by atoms with Gasteiger partial charge in [0.25, 0.3) is 0 Å². The lowest BCUT2D eigenvalue weighted by molar-refractivity contribution is 0.126. The molecule has 3 aromatic rings. The molecule has 1 fully saturated rings. The van der Waals surface area contributed by atoms with Crippen molar-refractivity contribution in [1.82, 2.24) is 25.3 Å². The van der Waals surface area contributed by atoms with Gasteiger partial charge in [0.1, 0.15) is 0 Å². The molecule has 1 saturated heterocycles. The molecule has 0 spiro atoms. The Balaban J connectivity index is 1.24. The first kappa shape index (κ1) is 18.2. The zero-order valence-corrected chi connectivity index (χ0v) is 15.6. The predicted molar refractivity (Wildman–Crippen MR) is 105 cm³/mol. The van der Waals surface area contributed by atoms with Crippen molar-refractivity contribution in [2.24, 2.45) is 0 Å². The fourth-order valence-corrected chi connectivity index (χ4v) is 3.21. The van der Waals surface area contributed by atoms with Crippen molar-refractivity contribution in [3.05, 3.63) is 72.1 Å². The summed E-state index contributed by atoms with van der Waals surface area (Å²) in [6.45, 7) is 4.06. The predicted octanol–water partition coefficient (Wildman–Crippen LogP) is 2.76. The Labute approximate surface area is 164 Å². The van der Waals surface area contributed by atoms with E-state index in [4.69, 9.17) is 4.52 Å². The molecule has 7 nitrogen and oxygen atoms in total. The van der Waals surface area contributed by atoms with E-state index in [0.717, 1.165) is 24.2 Å². The molecule has 0 unspecified atom stereocenters. The van der Waals surface area contributed by atoms with Crippen LogP contribution >= 0.6 is 0 Å². The van der Waals surface area contributed by atoms with E-state index in [1.54, 1.807) is 0 Å². The van der Waals surface area contributed by atoms with Gasteiger partial charge in [0.15, 0.2) is 0 Å². The molecular weight excluding hydrogens is 354 g/mol. The molecule has 144 valence electrons. The second kappa shape index (κ2) is 8.67. The number of nitrogens with one attached hydrogen (secondary N) is 1. The van der Waals surface area contributed by atoms with Gasteiger partial charge in [0.05, 0.1) is 6.54 Å². The van der Waals surface area contributed by atoms with Crippen LogP contribution in [0.15, 0.2) is 65.2 Å². The average molecular weight is 377 g/mol. The summed E-state index contributed by atoms with van der Waals surface area (Å²) in [5.41, 5.74) is 2.04. The summed E-state index contributed by atoms with van der Waals surface area (Å²) in [6, 6.07) is 19.7. The lowest BCUT2D eigenvalue weighted by Gasteiger charge is -2.33. The number of urea groups is 1. The van der Waals surface area contributed by atoms with E-state index in [1.165, 1.54) is 0 Å². The Morgan fingerprint density at radius 3 is 2.36 bits per heavy atom. The van der Waals surface area contributed by atoms with E-state index in [1.807, 2.05) is 65.6 Å². The molecule has 2 heterocycles. The highest BCUT2D eigenvalue weighted by molar-refractivity contribution is 5.74. The van der Waals surface area contributed by atoms with Crippen LogP contribution in [-0.4, -0.2) is 52.2 Å². The minimum absolute atomic E-state index is 0.0207. The van der Waals surface area contributed by atoms with Gasteiger partial charge in [0, 0.05) is 38.3 Å². The van der Waals surface area contributed by atoms with Gasteiger partial charge < -0.3 is 14.7 Å². The number of rotatable bonds is 5. The number of benzene rings is 2. The summed E-state index contributed by atoms with van der Waals surface area (Å²) in [6.07, 6.45) is 0. The van der Waals surface area contributed by atoms with Crippen molar-refractivity contribution in [3.8, 4) is 11.4 Å². The number of hydrogen-bond donors (Lipinski definition) is 1. The van der Waals surface area contributed by atoms with Crippen LogP contribution in [0.3, 0.4) is 0 Å². The molecule has 1 aromatic heterocycles. The van der Waals surface area contributed by atoms with Crippen molar-refractivity contribution in [3.63, 3.8) is 0 Å². The average Bonchev–Trinajstić information content (AvgIpc) is 3.22. The quantitative estimate of drug-likeness (QED) is 0.740. The number of carbonyl (C=O) groups excluding carboxylic acids is 1. The van der Waals surface area contributed by atoms with Crippen LogP contribution in [0.2, 0.25) is 0 Å². The normalized spacial score (nSPS) is 14.8. The summed E-state index contributed by atoms with van der Waals surface area (Å²) in [5, 5.41) is 7.04. The minimum Gasteiger partial charge on any atom is -0.338 e. The first-order valence-corrected chi connectivity index (χ1v) is 9.45. The zero-order valence-electron chi connectivity index (χ0n) is 15.6. The van der Waals surface area contributed by atoms with Gasteiger partial charge in [-0.3, -0.25) is 4.90 Å².